The Hall–Kier alpha value is -2.50. The zero-order chi connectivity index (χ0) is 19.4. The van der Waals surface area contributed by atoms with Crippen molar-refractivity contribution in [3.05, 3.63) is 69.9 Å². The predicted molar refractivity (Wildman–Crippen MR) is 106 cm³/mol. The number of aryl methyl sites for hydroxylation is 1. The van der Waals surface area contributed by atoms with Crippen LogP contribution in [-0.2, 0) is 13.2 Å². The van der Waals surface area contributed by atoms with Crippen molar-refractivity contribution in [2.75, 3.05) is 0 Å². The first kappa shape index (κ1) is 19.3. The lowest BCUT2D eigenvalue weighted by molar-refractivity contribution is 0.276. The van der Waals surface area contributed by atoms with E-state index in [0.717, 1.165) is 11.1 Å². The van der Waals surface area contributed by atoms with Crippen LogP contribution in [0.15, 0.2) is 46.5 Å². The molecule has 0 amide bonds. The number of aromatic nitrogens is 3. The first-order valence-corrected chi connectivity index (χ1v) is 9.24. The normalized spacial score (nSPS) is 10.6. The molecule has 0 atom stereocenters. The first-order valence-electron chi connectivity index (χ1n) is 8.05. The minimum Gasteiger partial charge on any atom is -0.390 e. The third kappa shape index (κ3) is 4.10. The van der Waals surface area contributed by atoms with Crippen LogP contribution in [0.5, 0.6) is 0 Å². The Morgan fingerprint density at radius 1 is 1.30 bits per heavy atom. The van der Waals surface area contributed by atoms with Crippen molar-refractivity contribution < 1.29 is 5.11 Å². The van der Waals surface area contributed by atoms with Gasteiger partial charge >= 0.3 is 0 Å². The van der Waals surface area contributed by atoms with Gasteiger partial charge < -0.3 is 15.7 Å². The lowest BCUT2D eigenvalue weighted by atomic mass is 10.1. The van der Waals surface area contributed by atoms with Crippen molar-refractivity contribution in [3.63, 3.8) is 0 Å². The Balaban J connectivity index is 2.03. The van der Waals surface area contributed by atoms with Crippen LogP contribution in [0, 0.1) is 13.5 Å². The molecule has 1 aromatic carbocycles. The second-order valence-electron chi connectivity index (χ2n) is 5.63. The number of aliphatic hydroxyl groups is 1. The van der Waals surface area contributed by atoms with Crippen LogP contribution in [0.1, 0.15) is 17.0 Å². The average Bonchev–Trinajstić information content (AvgIpc) is 2.70. The summed E-state index contributed by atoms with van der Waals surface area (Å²) in [6.07, 6.45) is 1.53. The van der Waals surface area contributed by atoms with E-state index >= 15 is 0 Å². The smallest absolute Gasteiger partial charge is 0.289 e. The van der Waals surface area contributed by atoms with E-state index in [1.54, 1.807) is 6.07 Å². The molecule has 0 bridgehead atoms. The van der Waals surface area contributed by atoms with Crippen molar-refractivity contribution in [2.24, 2.45) is 5.73 Å². The van der Waals surface area contributed by atoms with Gasteiger partial charge in [0.1, 0.15) is 11.2 Å². The lowest BCUT2D eigenvalue weighted by Gasteiger charge is -2.12. The predicted octanol–water partition coefficient (Wildman–Crippen LogP) is 4.15. The number of halogens is 1. The fraction of sp³-hybridized carbons (Fsp3) is 0.158. The monoisotopic (exact) mass is 397 g/mol. The average molecular weight is 398 g/mol. The highest BCUT2D eigenvalue weighted by Gasteiger charge is 2.16. The van der Waals surface area contributed by atoms with Gasteiger partial charge in [-0.2, -0.15) is 0 Å². The standard InChI is InChI=1S/C19H16ClN5OS/c1-11-19(27-15-6-7-23-18(22-2)16(15)20)25-14(10-26)17(24-11)13-5-3-4-12(8-13)9-21/h3-8,26H,9-10,21H2,1H3. The van der Waals surface area contributed by atoms with E-state index in [1.807, 2.05) is 31.2 Å². The van der Waals surface area contributed by atoms with Crippen molar-refractivity contribution in [1.29, 1.82) is 0 Å². The van der Waals surface area contributed by atoms with Gasteiger partial charge in [-0.3, -0.25) is 0 Å². The molecule has 2 aromatic heterocycles. The molecular formula is C19H16ClN5OS. The molecule has 3 rings (SSSR count). The van der Waals surface area contributed by atoms with Crippen LogP contribution in [0.4, 0.5) is 5.82 Å². The fourth-order valence-corrected chi connectivity index (χ4v) is 3.63. The summed E-state index contributed by atoms with van der Waals surface area (Å²) in [5, 5.41) is 10.7. The maximum atomic E-state index is 9.81. The van der Waals surface area contributed by atoms with E-state index in [0.29, 0.717) is 33.5 Å². The summed E-state index contributed by atoms with van der Waals surface area (Å²) < 4.78 is 0. The highest BCUT2D eigenvalue weighted by atomic mass is 35.5. The third-order valence-electron chi connectivity index (χ3n) is 3.83. The number of benzene rings is 1. The van der Waals surface area contributed by atoms with E-state index in [2.05, 4.69) is 19.8 Å². The van der Waals surface area contributed by atoms with Gasteiger partial charge in [-0.1, -0.05) is 48.1 Å². The summed E-state index contributed by atoms with van der Waals surface area (Å²) in [5.74, 6) is 0.143. The van der Waals surface area contributed by atoms with Gasteiger partial charge in [-0.25, -0.2) is 9.97 Å². The van der Waals surface area contributed by atoms with E-state index in [1.165, 1.54) is 18.0 Å². The number of rotatable bonds is 5. The largest absolute Gasteiger partial charge is 0.390 e. The molecule has 0 fully saturated rings. The van der Waals surface area contributed by atoms with Crippen LogP contribution in [-0.4, -0.2) is 20.1 Å². The molecule has 8 heteroatoms. The van der Waals surface area contributed by atoms with E-state index in [4.69, 9.17) is 23.9 Å². The van der Waals surface area contributed by atoms with Crippen molar-refractivity contribution in [1.82, 2.24) is 15.0 Å². The summed E-state index contributed by atoms with van der Waals surface area (Å²) in [7, 11) is 0. The Bertz CT molecular complexity index is 1040. The molecule has 0 saturated carbocycles. The van der Waals surface area contributed by atoms with Crippen molar-refractivity contribution in [2.45, 2.75) is 30.0 Å². The second-order valence-corrected chi connectivity index (χ2v) is 7.04. The van der Waals surface area contributed by atoms with E-state index < -0.39 is 0 Å². The molecule has 0 radical (unpaired) electrons. The minimum absolute atomic E-state index is 0.143. The highest BCUT2D eigenvalue weighted by molar-refractivity contribution is 7.99. The minimum atomic E-state index is -0.250. The van der Waals surface area contributed by atoms with Crippen LogP contribution in [0.2, 0.25) is 5.02 Å². The highest BCUT2D eigenvalue weighted by Crippen LogP contribution is 2.38. The quantitative estimate of drug-likeness (QED) is 0.628. The van der Waals surface area contributed by atoms with Gasteiger partial charge in [0.2, 0.25) is 0 Å². The third-order valence-corrected chi connectivity index (χ3v) is 5.46. The SMILES string of the molecule is [C-]#[N+]c1nccc(Sc2nc(CO)c(-c3cccc(CN)c3)nc2C)c1Cl. The molecule has 27 heavy (non-hydrogen) atoms. The van der Waals surface area contributed by atoms with Crippen LogP contribution in [0.25, 0.3) is 16.1 Å². The summed E-state index contributed by atoms with van der Waals surface area (Å²) in [6, 6.07) is 9.42. The molecule has 2 heterocycles. The van der Waals surface area contributed by atoms with Gasteiger partial charge in [0, 0.05) is 17.0 Å². The van der Waals surface area contributed by atoms with Gasteiger partial charge in [0.25, 0.3) is 5.82 Å². The molecule has 0 aliphatic rings. The van der Waals surface area contributed by atoms with Gasteiger partial charge in [-0.15, -0.1) is 4.98 Å². The van der Waals surface area contributed by atoms with Crippen LogP contribution < -0.4 is 5.73 Å². The van der Waals surface area contributed by atoms with Crippen LogP contribution in [0.3, 0.4) is 0 Å². The number of hydrogen-bond acceptors (Lipinski definition) is 6. The Kier molecular flexibility index (Phi) is 6.04. The Morgan fingerprint density at radius 3 is 2.81 bits per heavy atom. The summed E-state index contributed by atoms with van der Waals surface area (Å²) in [4.78, 5) is 17.1. The zero-order valence-electron chi connectivity index (χ0n) is 14.5. The van der Waals surface area contributed by atoms with E-state index in [9.17, 15) is 5.11 Å². The van der Waals surface area contributed by atoms with Gasteiger partial charge in [0.05, 0.1) is 28.7 Å². The fourth-order valence-electron chi connectivity index (χ4n) is 2.50. The topological polar surface area (TPSA) is 89.3 Å². The maximum Gasteiger partial charge on any atom is 0.289 e. The molecule has 6 nitrogen and oxygen atoms in total. The summed E-state index contributed by atoms with van der Waals surface area (Å²) >= 11 is 7.53. The number of nitrogens with zero attached hydrogens (tertiary/aromatic N) is 4. The Labute approximate surface area is 166 Å². The maximum absolute atomic E-state index is 9.81. The van der Waals surface area contributed by atoms with Gasteiger partial charge in [-0.05, 0) is 24.6 Å². The molecule has 3 N–H and O–H groups in total. The van der Waals surface area contributed by atoms with Crippen LogP contribution >= 0.6 is 23.4 Å². The van der Waals surface area contributed by atoms with E-state index in [-0.39, 0.29) is 17.4 Å². The summed E-state index contributed by atoms with van der Waals surface area (Å²) in [6.45, 7) is 9.14. The number of hydrogen-bond donors (Lipinski definition) is 2. The number of pyridine rings is 1. The molecule has 0 aliphatic heterocycles. The molecule has 0 unspecified atom stereocenters. The number of aliphatic hydroxyl groups excluding tert-OH is 1. The zero-order valence-corrected chi connectivity index (χ0v) is 16.1. The molecule has 136 valence electrons. The second kappa shape index (κ2) is 8.46. The lowest BCUT2D eigenvalue weighted by Crippen LogP contribution is -2.03. The summed E-state index contributed by atoms with van der Waals surface area (Å²) in [5.41, 5.74) is 9.33. The molecule has 0 saturated heterocycles. The molecule has 0 aliphatic carbocycles. The Morgan fingerprint density at radius 2 is 2.11 bits per heavy atom. The number of nitrogens with two attached hydrogens (primary N) is 1. The van der Waals surface area contributed by atoms with Crippen molar-refractivity contribution >= 4 is 29.2 Å². The van der Waals surface area contributed by atoms with Gasteiger partial charge in [0.15, 0.2) is 0 Å². The first-order chi connectivity index (χ1) is 13.1. The molecular weight excluding hydrogens is 382 g/mol. The molecule has 0 spiro atoms. The van der Waals surface area contributed by atoms with Crippen molar-refractivity contribution in [3.8, 4) is 11.3 Å². The molecule has 3 aromatic rings.